The van der Waals surface area contributed by atoms with Crippen LogP contribution in [-0.4, -0.2) is 58.4 Å². The molecule has 0 aliphatic carbocycles. The Bertz CT molecular complexity index is 1230. The van der Waals surface area contributed by atoms with Crippen molar-refractivity contribution in [3.8, 4) is 5.69 Å². The molecule has 3 aromatic rings. The number of nitrogens with zero attached hydrogens (tertiary/aromatic N) is 3. The van der Waals surface area contributed by atoms with Gasteiger partial charge in [0.2, 0.25) is 0 Å². The Hall–Kier alpha value is -4.05. The fourth-order valence-corrected chi connectivity index (χ4v) is 4.38. The van der Waals surface area contributed by atoms with Crippen LogP contribution in [0.2, 0.25) is 0 Å². The number of amides is 3. The molecular weight excluding hydrogens is 475 g/mol. The van der Waals surface area contributed by atoms with E-state index in [0.717, 1.165) is 32.5 Å². The van der Waals surface area contributed by atoms with Gasteiger partial charge in [0.1, 0.15) is 17.8 Å². The van der Waals surface area contributed by atoms with Crippen LogP contribution in [0.25, 0.3) is 5.69 Å². The number of benzene rings is 2. The maximum atomic E-state index is 13.1. The number of nitrogens with one attached hydrogen (secondary N) is 2. The molecule has 1 aliphatic heterocycles. The maximum Gasteiger partial charge on any atom is 0.270 e. The van der Waals surface area contributed by atoms with Crippen LogP contribution < -0.4 is 16.4 Å². The molecule has 10 heteroatoms. The number of hydrogen-bond donors (Lipinski definition) is 3. The molecule has 2 aromatic carbocycles. The first-order chi connectivity index (χ1) is 17.9. The summed E-state index contributed by atoms with van der Waals surface area (Å²) in [6.45, 7) is 3.78. The number of carbonyl (C=O) groups excluding carboxylic acids is 3. The Morgan fingerprint density at radius 2 is 1.62 bits per heavy atom. The van der Waals surface area contributed by atoms with E-state index < -0.39 is 17.6 Å². The lowest BCUT2D eigenvalue weighted by atomic mass is 10.1. The Balaban J connectivity index is 1.39. The van der Waals surface area contributed by atoms with Gasteiger partial charge < -0.3 is 21.3 Å². The Morgan fingerprint density at radius 1 is 0.919 bits per heavy atom. The Labute approximate surface area is 214 Å². The van der Waals surface area contributed by atoms with E-state index in [1.54, 1.807) is 24.3 Å². The summed E-state index contributed by atoms with van der Waals surface area (Å²) in [6.07, 6.45) is 6.97. The summed E-state index contributed by atoms with van der Waals surface area (Å²) < 4.78 is 14.6. The smallest absolute Gasteiger partial charge is 0.270 e. The monoisotopic (exact) mass is 506 g/mol. The highest BCUT2D eigenvalue weighted by Crippen LogP contribution is 2.19. The summed E-state index contributed by atoms with van der Waals surface area (Å²) in [5.74, 6) is -2.03. The van der Waals surface area contributed by atoms with Crippen molar-refractivity contribution in [1.82, 2.24) is 19.8 Å². The van der Waals surface area contributed by atoms with E-state index in [0.29, 0.717) is 23.5 Å². The molecule has 3 amide bonds. The normalized spacial score (nSPS) is 13.8. The topological polar surface area (TPSA) is 122 Å². The molecule has 4 N–H and O–H groups in total. The molecule has 0 saturated carbocycles. The number of imidazole rings is 1. The number of halogens is 1. The highest BCUT2D eigenvalue weighted by molar-refractivity contribution is 6.05. The predicted molar refractivity (Wildman–Crippen MR) is 138 cm³/mol. The van der Waals surface area contributed by atoms with Crippen molar-refractivity contribution in [2.75, 3.05) is 31.5 Å². The zero-order chi connectivity index (χ0) is 26.2. The lowest BCUT2D eigenvalue weighted by molar-refractivity contribution is 0.0927. The maximum absolute atomic E-state index is 13.1. The number of piperidine rings is 1. The second kappa shape index (κ2) is 12.3. The van der Waals surface area contributed by atoms with Gasteiger partial charge in [-0.2, -0.15) is 0 Å². The van der Waals surface area contributed by atoms with Crippen molar-refractivity contribution in [3.05, 3.63) is 77.6 Å². The number of hydrogen-bond acceptors (Lipinski definition) is 5. The zero-order valence-electron chi connectivity index (χ0n) is 20.6. The number of unbranched alkanes of at least 4 members (excludes halogenated alkanes) is 1. The number of rotatable bonds is 10. The summed E-state index contributed by atoms with van der Waals surface area (Å²) in [5.41, 5.74) is 6.82. The average Bonchev–Trinajstić information content (AvgIpc) is 3.36. The molecule has 1 saturated heterocycles. The summed E-state index contributed by atoms with van der Waals surface area (Å²) in [5, 5.41) is 5.62. The number of likely N-dealkylation sites (tertiary alicyclic amines) is 1. The van der Waals surface area contributed by atoms with Gasteiger partial charge in [-0.1, -0.05) is 6.42 Å². The predicted octanol–water partition coefficient (Wildman–Crippen LogP) is 3.36. The van der Waals surface area contributed by atoms with Crippen LogP contribution in [0.5, 0.6) is 0 Å². The van der Waals surface area contributed by atoms with E-state index >= 15 is 0 Å². The Morgan fingerprint density at radius 3 is 2.30 bits per heavy atom. The van der Waals surface area contributed by atoms with Gasteiger partial charge in [0, 0.05) is 23.5 Å². The van der Waals surface area contributed by atoms with E-state index in [-0.39, 0.29) is 17.3 Å². The SMILES string of the molecule is NC(=O)c1ncn(-c2ccc(NC(=O)c3ccc(F)cc3)cc2)c1C(=O)NCCCCN1CCCCC1. The van der Waals surface area contributed by atoms with Gasteiger partial charge in [-0.25, -0.2) is 9.37 Å². The van der Waals surface area contributed by atoms with Gasteiger partial charge in [0.05, 0.1) is 0 Å². The molecule has 0 unspecified atom stereocenters. The molecule has 1 aliphatic rings. The molecule has 9 nitrogen and oxygen atoms in total. The Kier molecular flexibility index (Phi) is 8.63. The van der Waals surface area contributed by atoms with Crippen molar-refractivity contribution in [2.45, 2.75) is 32.1 Å². The van der Waals surface area contributed by atoms with Gasteiger partial charge >= 0.3 is 0 Å². The van der Waals surface area contributed by atoms with Crippen molar-refractivity contribution < 1.29 is 18.8 Å². The molecule has 0 bridgehead atoms. The number of aromatic nitrogens is 2. The quantitative estimate of drug-likeness (QED) is 0.364. The van der Waals surface area contributed by atoms with Crippen LogP contribution in [0, 0.1) is 5.82 Å². The lowest BCUT2D eigenvalue weighted by Crippen LogP contribution is -2.32. The second-order valence-corrected chi connectivity index (χ2v) is 9.05. The third-order valence-electron chi connectivity index (χ3n) is 6.36. The number of primary amides is 1. The van der Waals surface area contributed by atoms with Crippen molar-refractivity contribution >= 4 is 23.4 Å². The largest absolute Gasteiger partial charge is 0.364 e. The van der Waals surface area contributed by atoms with Crippen LogP contribution in [0.4, 0.5) is 10.1 Å². The molecule has 1 fully saturated rings. The zero-order valence-corrected chi connectivity index (χ0v) is 20.6. The van der Waals surface area contributed by atoms with Gasteiger partial charge in [0.25, 0.3) is 17.7 Å². The first kappa shape index (κ1) is 26.0. The summed E-state index contributed by atoms with van der Waals surface area (Å²) >= 11 is 0. The molecule has 0 atom stereocenters. The third-order valence-corrected chi connectivity index (χ3v) is 6.36. The summed E-state index contributed by atoms with van der Waals surface area (Å²) in [4.78, 5) is 43.8. The average molecular weight is 507 g/mol. The molecule has 194 valence electrons. The molecule has 0 radical (unpaired) electrons. The van der Waals surface area contributed by atoms with E-state index in [4.69, 9.17) is 5.73 Å². The van der Waals surface area contributed by atoms with E-state index in [9.17, 15) is 18.8 Å². The van der Waals surface area contributed by atoms with Gasteiger partial charge in [-0.15, -0.1) is 0 Å². The molecule has 0 spiro atoms. The molecule has 37 heavy (non-hydrogen) atoms. The van der Waals surface area contributed by atoms with Crippen molar-refractivity contribution in [2.24, 2.45) is 5.73 Å². The van der Waals surface area contributed by atoms with Crippen LogP contribution in [0.1, 0.15) is 63.4 Å². The number of carbonyl (C=O) groups is 3. The van der Waals surface area contributed by atoms with Gasteiger partial charge in [-0.05, 0) is 93.8 Å². The highest BCUT2D eigenvalue weighted by atomic mass is 19.1. The van der Waals surface area contributed by atoms with Crippen LogP contribution in [0.15, 0.2) is 54.9 Å². The minimum atomic E-state index is -0.794. The minimum absolute atomic E-state index is 0.0617. The fourth-order valence-electron chi connectivity index (χ4n) is 4.38. The molecule has 1 aromatic heterocycles. The van der Waals surface area contributed by atoms with Crippen LogP contribution >= 0.6 is 0 Å². The minimum Gasteiger partial charge on any atom is -0.364 e. The van der Waals surface area contributed by atoms with Gasteiger partial charge in [0.15, 0.2) is 5.69 Å². The highest BCUT2D eigenvalue weighted by Gasteiger charge is 2.23. The summed E-state index contributed by atoms with van der Waals surface area (Å²) in [6, 6.07) is 11.9. The summed E-state index contributed by atoms with van der Waals surface area (Å²) in [7, 11) is 0. The fraction of sp³-hybridized carbons (Fsp3) is 0.333. The first-order valence-electron chi connectivity index (χ1n) is 12.5. The number of anilines is 1. The standard InChI is InChI=1S/C27H31FN6O3/c28-20-8-6-19(7-9-20)26(36)32-21-10-12-22(13-11-21)34-18-31-23(25(29)35)24(34)27(37)30-14-2-5-17-33-15-3-1-4-16-33/h6-13,18H,1-5,14-17H2,(H2,29,35)(H,30,37)(H,32,36). The van der Waals surface area contributed by atoms with E-state index in [1.165, 1.54) is 54.4 Å². The van der Waals surface area contributed by atoms with E-state index in [1.807, 2.05) is 0 Å². The molecule has 2 heterocycles. The number of nitrogens with two attached hydrogens (primary N) is 1. The first-order valence-corrected chi connectivity index (χ1v) is 12.5. The van der Waals surface area contributed by atoms with Crippen LogP contribution in [-0.2, 0) is 0 Å². The van der Waals surface area contributed by atoms with Gasteiger partial charge in [-0.3, -0.25) is 19.0 Å². The lowest BCUT2D eigenvalue weighted by Gasteiger charge is -2.26. The van der Waals surface area contributed by atoms with E-state index in [2.05, 4.69) is 20.5 Å². The van der Waals surface area contributed by atoms with Crippen molar-refractivity contribution in [3.63, 3.8) is 0 Å². The van der Waals surface area contributed by atoms with Crippen molar-refractivity contribution in [1.29, 1.82) is 0 Å². The van der Waals surface area contributed by atoms with Crippen LogP contribution in [0.3, 0.4) is 0 Å². The molecule has 4 rings (SSSR count). The molecular formula is C27H31FN6O3. The third kappa shape index (κ3) is 6.79. The second-order valence-electron chi connectivity index (χ2n) is 9.05.